The van der Waals surface area contributed by atoms with Crippen LogP contribution in [0.25, 0.3) is 0 Å². The predicted molar refractivity (Wildman–Crippen MR) is 180 cm³/mol. The highest BCUT2D eigenvalue weighted by Crippen LogP contribution is 2.29. The summed E-state index contributed by atoms with van der Waals surface area (Å²) in [6.07, 6.45) is 0.834. The summed E-state index contributed by atoms with van der Waals surface area (Å²) in [5.74, 6) is -0.789. The van der Waals surface area contributed by atoms with Crippen LogP contribution in [-0.2, 0) is 39.0 Å². The van der Waals surface area contributed by atoms with E-state index in [9.17, 15) is 18.0 Å². The van der Waals surface area contributed by atoms with Crippen molar-refractivity contribution in [1.82, 2.24) is 10.2 Å². The van der Waals surface area contributed by atoms with Crippen molar-refractivity contribution >= 4 is 27.5 Å². The van der Waals surface area contributed by atoms with Gasteiger partial charge in [0.2, 0.25) is 11.8 Å². The van der Waals surface area contributed by atoms with Gasteiger partial charge in [-0.05, 0) is 69.0 Å². The third-order valence-corrected chi connectivity index (χ3v) is 9.27. The van der Waals surface area contributed by atoms with Gasteiger partial charge in [0, 0.05) is 18.5 Å². The van der Waals surface area contributed by atoms with Crippen LogP contribution in [-0.4, -0.2) is 43.3 Å². The van der Waals surface area contributed by atoms with E-state index in [0.717, 1.165) is 22.3 Å². The van der Waals surface area contributed by atoms with Crippen molar-refractivity contribution in [2.75, 3.05) is 10.8 Å². The normalized spacial score (nSPS) is 12.3. The number of para-hydroxylation sites is 1. The minimum absolute atomic E-state index is 0.0905. The summed E-state index contributed by atoms with van der Waals surface area (Å²) in [4.78, 5) is 30.2. The van der Waals surface area contributed by atoms with E-state index in [1.807, 2.05) is 107 Å². The van der Waals surface area contributed by atoms with Crippen LogP contribution in [0.15, 0.2) is 114 Å². The number of carbonyl (C=O) groups is 2. The van der Waals surface area contributed by atoms with Gasteiger partial charge in [-0.3, -0.25) is 13.9 Å². The second kappa shape index (κ2) is 14.6. The summed E-state index contributed by atoms with van der Waals surface area (Å²) in [6, 6.07) is 31.9. The molecule has 0 saturated heterocycles. The number of hydrogen-bond acceptors (Lipinski definition) is 4. The predicted octanol–water partition coefficient (Wildman–Crippen LogP) is 6.31. The quantitative estimate of drug-likeness (QED) is 0.200. The van der Waals surface area contributed by atoms with Crippen molar-refractivity contribution in [1.29, 1.82) is 0 Å². The zero-order valence-corrected chi connectivity index (χ0v) is 27.6. The lowest BCUT2D eigenvalue weighted by Crippen LogP contribution is -2.56. The number of benzene rings is 4. The molecule has 4 aromatic carbocycles. The van der Waals surface area contributed by atoms with Crippen LogP contribution in [0.1, 0.15) is 49.9 Å². The van der Waals surface area contributed by atoms with Crippen LogP contribution in [0, 0.1) is 6.92 Å². The van der Waals surface area contributed by atoms with Crippen molar-refractivity contribution < 1.29 is 18.0 Å². The maximum absolute atomic E-state index is 14.6. The van der Waals surface area contributed by atoms with Crippen LogP contribution in [0.3, 0.4) is 0 Å². The second-order valence-corrected chi connectivity index (χ2v) is 14.1. The van der Waals surface area contributed by atoms with E-state index in [1.165, 1.54) is 9.21 Å². The van der Waals surface area contributed by atoms with Crippen molar-refractivity contribution in [2.24, 2.45) is 0 Å². The highest BCUT2D eigenvalue weighted by molar-refractivity contribution is 7.92. The van der Waals surface area contributed by atoms with Crippen LogP contribution < -0.4 is 9.62 Å². The third-order valence-electron chi connectivity index (χ3n) is 7.49. The lowest BCUT2D eigenvalue weighted by atomic mass is 10.0. The van der Waals surface area contributed by atoms with E-state index in [2.05, 4.69) is 5.32 Å². The van der Waals surface area contributed by atoms with E-state index in [0.29, 0.717) is 12.1 Å². The zero-order chi connectivity index (χ0) is 32.6. The first-order valence-corrected chi connectivity index (χ1v) is 16.7. The molecule has 45 heavy (non-hydrogen) atoms. The number of rotatable bonds is 12. The summed E-state index contributed by atoms with van der Waals surface area (Å²) in [5.41, 5.74) is 3.32. The number of anilines is 1. The Hall–Kier alpha value is -4.43. The molecule has 1 N–H and O–H groups in total. The Morgan fingerprint density at radius 3 is 1.91 bits per heavy atom. The Morgan fingerprint density at radius 1 is 0.778 bits per heavy atom. The molecule has 0 heterocycles. The third kappa shape index (κ3) is 8.82. The smallest absolute Gasteiger partial charge is 0.264 e. The Labute approximate surface area is 268 Å². The summed E-state index contributed by atoms with van der Waals surface area (Å²) in [6.45, 7) is 9.17. The zero-order valence-electron chi connectivity index (χ0n) is 26.7. The van der Waals surface area contributed by atoms with Gasteiger partial charge in [0.25, 0.3) is 10.0 Å². The topological polar surface area (TPSA) is 86.8 Å². The maximum atomic E-state index is 14.6. The summed E-state index contributed by atoms with van der Waals surface area (Å²) >= 11 is 0. The molecule has 1 atom stereocenters. The molecule has 0 aliphatic rings. The van der Waals surface area contributed by atoms with Crippen molar-refractivity contribution in [2.45, 2.75) is 70.5 Å². The Kier molecular flexibility index (Phi) is 10.8. The number of sulfonamides is 1. The first kappa shape index (κ1) is 33.5. The van der Waals surface area contributed by atoms with Gasteiger partial charge >= 0.3 is 0 Å². The lowest BCUT2D eigenvalue weighted by Gasteiger charge is -2.35. The molecule has 8 heteroatoms. The fraction of sp³-hybridized carbons (Fsp3) is 0.297. The van der Waals surface area contributed by atoms with Gasteiger partial charge in [0.05, 0.1) is 10.6 Å². The molecule has 0 aromatic heterocycles. The highest BCUT2D eigenvalue weighted by Gasteiger charge is 2.36. The van der Waals surface area contributed by atoms with Crippen LogP contribution >= 0.6 is 0 Å². The largest absolute Gasteiger partial charge is 0.350 e. The maximum Gasteiger partial charge on any atom is 0.264 e. The SMILES string of the molecule is CCc1ccccc1N(CC(=O)N(Cc1ccccc1)[C@H](Cc1ccccc1)C(=O)NC(C)(C)C)S(=O)(=O)c1ccc(C)cc1. The Bertz CT molecular complexity index is 1680. The van der Waals surface area contributed by atoms with E-state index in [-0.39, 0.29) is 23.8 Å². The van der Waals surface area contributed by atoms with E-state index in [1.54, 1.807) is 36.4 Å². The molecule has 4 aromatic rings. The van der Waals surface area contributed by atoms with Gasteiger partial charge in [0.1, 0.15) is 12.6 Å². The van der Waals surface area contributed by atoms with Gasteiger partial charge in [-0.25, -0.2) is 8.42 Å². The summed E-state index contributed by atoms with van der Waals surface area (Å²) in [5, 5.41) is 3.06. The molecular weight excluding hydrogens is 582 g/mol. The van der Waals surface area contributed by atoms with Crippen molar-refractivity contribution in [3.63, 3.8) is 0 Å². The fourth-order valence-corrected chi connectivity index (χ4v) is 6.64. The first-order valence-electron chi connectivity index (χ1n) is 15.3. The monoisotopic (exact) mass is 625 g/mol. The van der Waals surface area contributed by atoms with E-state index in [4.69, 9.17) is 0 Å². The second-order valence-electron chi connectivity index (χ2n) is 12.3. The number of amides is 2. The van der Waals surface area contributed by atoms with Gasteiger partial charge in [-0.1, -0.05) is 103 Å². The number of aryl methyl sites for hydroxylation is 2. The molecule has 0 spiro atoms. The average Bonchev–Trinajstić information content (AvgIpc) is 3.01. The molecule has 0 fully saturated rings. The first-order chi connectivity index (χ1) is 21.4. The minimum atomic E-state index is -4.15. The van der Waals surface area contributed by atoms with E-state index >= 15 is 0 Å². The van der Waals surface area contributed by atoms with Gasteiger partial charge < -0.3 is 10.2 Å². The molecular formula is C37H43N3O4S. The molecule has 2 amide bonds. The summed E-state index contributed by atoms with van der Waals surface area (Å²) < 4.78 is 29.8. The molecule has 0 bridgehead atoms. The Balaban J connectivity index is 1.83. The molecule has 0 aliphatic heterocycles. The number of nitrogens with zero attached hydrogens (tertiary/aromatic N) is 2. The average molecular weight is 626 g/mol. The van der Waals surface area contributed by atoms with Gasteiger partial charge in [-0.2, -0.15) is 0 Å². The van der Waals surface area contributed by atoms with Crippen molar-refractivity contribution in [3.05, 3.63) is 131 Å². The number of carbonyl (C=O) groups excluding carboxylic acids is 2. The molecule has 0 saturated carbocycles. The lowest BCUT2D eigenvalue weighted by molar-refractivity contribution is -0.140. The van der Waals surface area contributed by atoms with Crippen LogP contribution in [0.4, 0.5) is 5.69 Å². The molecule has 236 valence electrons. The Morgan fingerprint density at radius 2 is 1.33 bits per heavy atom. The molecule has 0 radical (unpaired) electrons. The number of nitrogens with one attached hydrogen (secondary N) is 1. The molecule has 4 rings (SSSR count). The highest BCUT2D eigenvalue weighted by atomic mass is 32.2. The molecule has 0 unspecified atom stereocenters. The van der Waals surface area contributed by atoms with Gasteiger partial charge in [-0.15, -0.1) is 0 Å². The van der Waals surface area contributed by atoms with Crippen molar-refractivity contribution in [3.8, 4) is 0 Å². The molecule has 0 aliphatic carbocycles. The fourth-order valence-electron chi connectivity index (χ4n) is 5.19. The standard InChI is InChI=1S/C37H43N3O4S/c1-6-31-19-13-14-20-33(31)40(45(43,44)32-23-21-28(2)22-24-32)27-35(41)39(26-30-17-11-8-12-18-30)34(36(42)38-37(3,4)5)25-29-15-9-7-10-16-29/h7-24,34H,6,25-27H2,1-5H3,(H,38,42)/t34-/m1/s1. The van der Waals surface area contributed by atoms with Crippen LogP contribution in [0.2, 0.25) is 0 Å². The molecule has 7 nitrogen and oxygen atoms in total. The minimum Gasteiger partial charge on any atom is -0.350 e. The van der Waals surface area contributed by atoms with Crippen LogP contribution in [0.5, 0.6) is 0 Å². The summed E-state index contributed by atoms with van der Waals surface area (Å²) in [7, 11) is -4.15. The van der Waals surface area contributed by atoms with E-state index < -0.39 is 34.1 Å². The van der Waals surface area contributed by atoms with Gasteiger partial charge in [0.15, 0.2) is 0 Å². The number of hydrogen-bond donors (Lipinski definition) is 1.